The van der Waals surface area contributed by atoms with Gasteiger partial charge in [0.25, 0.3) is 5.91 Å². The molecule has 1 heterocycles. The molecule has 3 aromatic rings. The molecule has 0 bridgehead atoms. The molecule has 0 aliphatic carbocycles. The van der Waals surface area contributed by atoms with E-state index in [0.29, 0.717) is 18.1 Å². The maximum atomic E-state index is 12.0. The van der Waals surface area contributed by atoms with Crippen molar-refractivity contribution in [2.24, 2.45) is 5.10 Å². The van der Waals surface area contributed by atoms with Crippen LogP contribution in [0.4, 0.5) is 0 Å². The van der Waals surface area contributed by atoms with Gasteiger partial charge in [-0.2, -0.15) is 5.10 Å². The number of rotatable bonds is 9. The highest BCUT2D eigenvalue weighted by molar-refractivity contribution is 8.01. The summed E-state index contributed by atoms with van der Waals surface area (Å²) in [5.74, 6) is 1.26. The molecule has 0 saturated carbocycles. The van der Waals surface area contributed by atoms with E-state index < -0.39 is 0 Å². The summed E-state index contributed by atoms with van der Waals surface area (Å²) in [7, 11) is 1.59. The Morgan fingerprint density at radius 3 is 2.79 bits per heavy atom. The molecule has 2 aromatic carbocycles. The lowest BCUT2D eigenvalue weighted by molar-refractivity contribution is -0.118. The van der Waals surface area contributed by atoms with Crippen molar-refractivity contribution in [1.29, 1.82) is 0 Å². The summed E-state index contributed by atoms with van der Waals surface area (Å²) < 4.78 is 11.5. The number of thioether (sulfide) groups is 1. The fourth-order valence-electron chi connectivity index (χ4n) is 2.35. The van der Waals surface area contributed by atoms with E-state index in [2.05, 4.69) is 20.7 Å². The van der Waals surface area contributed by atoms with Gasteiger partial charge in [0, 0.05) is 5.56 Å². The first-order valence-corrected chi connectivity index (χ1v) is 10.6. The normalized spacial score (nSPS) is 10.8. The smallest absolute Gasteiger partial charge is 0.250 e. The molecule has 0 fully saturated rings. The molecule has 0 radical (unpaired) electrons. The van der Waals surface area contributed by atoms with E-state index in [0.717, 1.165) is 20.5 Å². The lowest BCUT2D eigenvalue weighted by Crippen LogP contribution is -2.19. The van der Waals surface area contributed by atoms with E-state index in [-0.39, 0.29) is 11.7 Å². The number of hydrogen-bond acceptors (Lipinski definition) is 8. The van der Waals surface area contributed by atoms with Crippen LogP contribution in [0.5, 0.6) is 11.5 Å². The predicted octanol–water partition coefficient (Wildman–Crippen LogP) is 3.85. The highest BCUT2D eigenvalue weighted by Gasteiger charge is 2.09. The van der Waals surface area contributed by atoms with Crippen LogP contribution in [-0.2, 0) is 4.79 Å². The molecular weight excluding hydrogens is 408 g/mol. The van der Waals surface area contributed by atoms with Crippen LogP contribution < -0.4 is 14.9 Å². The van der Waals surface area contributed by atoms with Gasteiger partial charge in [-0.1, -0.05) is 53.4 Å². The van der Waals surface area contributed by atoms with Crippen LogP contribution in [0.2, 0.25) is 0 Å². The third kappa shape index (κ3) is 6.03. The summed E-state index contributed by atoms with van der Waals surface area (Å²) in [6.45, 7) is 2.43. The molecule has 1 aromatic heterocycles. The number of aromatic nitrogens is 2. The van der Waals surface area contributed by atoms with Gasteiger partial charge in [-0.25, -0.2) is 5.43 Å². The van der Waals surface area contributed by atoms with E-state index in [1.54, 1.807) is 25.5 Å². The van der Waals surface area contributed by atoms with Gasteiger partial charge in [0.1, 0.15) is 5.01 Å². The Bertz CT molecular complexity index is 977. The Morgan fingerprint density at radius 2 is 2.03 bits per heavy atom. The summed E-state index contributed by atoms with van der Waals surface area (Å²) in [5.41, 5.74) is 4.32. The zero-order chi connectivity index (χ0) is 20.5. The predicted molar refractivity (Wildman–Crippen MR) is 116 cm³/mol. The molecule has 7 nitrogen and oxygen atoms in total. The second-order valence-corrected chi connectivity index (χ2v) is 7.86. The molecule has 3 rings (SSSR count). The number of carbonyl (C=O) groups is 1. The summed E-state index contributed by atoms with van der Waals surface area (Å²) >= 11 is 2.78. The molecule has 9 heteroatoms. The number of hydrogen-bond donors (Lipinski definition) is 1. The largest absolute Gasteiger partial charge is 0.493 e. The van der Waals surface area contributed by atoms with Crippen LogP contribution in [0.1, 0.15) is 12.5 Å². The number of carbonyl (C=O) groups excluding carboxylic acids is 1. The molecule has 1 N–H and O–H groups in total. The van der Waals surface area contributed by atoms with Crippen LogP contribution >= 0.6 is 23.1 Å². The third-order valence-corrected chi connectivity index (χ3v) is 5.75. The van der Waals surface area contributed by atoms with Crippen LogP contribution in [0.15, 0.2) is 58.0 Å². The fraction of sp³-hybridized carbons (Fsp3) is 0.200. The maximum Gasteiger partial charge on any atom is 0.250 e. The van der Waals surface area contributed by atoms with Gasteiger partial charge >= 0.3 is 0 Å². The average molecular weight is 429 g/mol. The van der Waals surface area contributed by atoms with Crippen LogP contribution in [0.25, 0.3) is 10.6 Å². The summed E-state index contributed by atoms with van der Waals surface area (Å²) in [6, 6.07) is 15.2. The van der Waals surface area contributed by atoms with Gasteiger partial charge in [-0.3, -0.25) is 4.79 Å². The molecule has 0 atom stereocenters. The Balaban J connectivity index is 1.50. The molecule has 0 aliphatic rings. The number of nitrogens with one attached hydrogen (secondary N) is 1. The van der Waals surface area contributed by atoms with Crippen molar-refractivity contribution >= 4 is 35.2 Å². The second kappa shape index (κ2) is 10.6. The highest BCUT2D eigenvalue weighted by atomic mass is 32.2. The maximum absolute atomic E-state index is 12.0. The lowest BCUT2D eigenvalue weighted by atomic mass is 10.2. The number of amides is 1. The number of ether oxygens (including phenoxy) is 2. The monoisotopic (exact) mass is 428 g/mol. The van der Waals surface area contributed by atoms with Crippen molar-refractivity contribution in [2.45, 2.75) is 11.3 Å². The second-order valence-electron chi connectivity index (χ2n) is 5.66. The fourth-order valence-corrected chi connectivity index (χ4v) is 4.00. The Labute approximate surface area is 177 Å². The average Bonchev–Trinajstić information content (AvgIpc) is 3.23. The SMILES string of the molecule is CCOc1cc(C=NNC(=O)CSc2nnc(-c3ccccc3)s2)ccc1OC. The van der Waals surface area contributed by atoms with Crippen molar-refractivity contribution < 1.29 is 14.3 Å². The summed E-state index contributed by atoms with van der Waals surface area (Å²) in [6.07, 6.45) is 1.56. The number of hydrazone groups is 1. The van der Waals surface area contributed by atoms with E-state index in [4.69, 9.17) is 9.47 Å². The number of benzene rings is 2. The first kappa shape index (κ1) is 20.8. The van der Waals surface area contributed by atoms with Crippen molar-refractivity contribution in [3.05, 3.63) is 54.1 Å². The number of methoxy groups -OCH3 is 1. The Kier molecular flexibility index (Phi) is 7.60. The van der Waals surface area contributed by atoms with Gasteiger partial charge in [-0.05, 0) is 30.7 Å². The summed E-state index contributed by atoms with van der Waals surface area (Å²) in [5, 5.41) is 13.1. The van der Waals surface area contributed by atoms with Gasteiger partial charge < -0.3 is 9.47 Å². The standard InChI is InChI=1S/C20H20N4O3S2/c1-3-27-17-11-14(9-10-16(17)26-2)12-21-22-18(25)13-28-20-24-23-19(29-20)15-7-5-4-6-8-15/h4-12H,3,13H2,1-2H3,(H,22,25). The van der Waals surface area contributed by atoms with E-state index in [9.17, 15) is 4.79 Å². The molecule has 1 amide bonds. The minimum Gasteiger partial charge on any atom is -0.493 e. The quantitative estimate of drug-likeness (QED) is 0.316. The highest BCUT2D eigenvalue weighted by Crippen LogP contribution is 2.29. The Morgan fingerprint density at radius 1 is 1.21 bits per heavy atom. The van der Waals surface area contributed by atoms with Gasteiger partial charge in [-0.15, -0.1) is 10.2 Å². The van der Waals surface area contributed by atoms with E-state index in [1.165, 1.54) is 23.1 Å². The molecular formula is C20H20N4O3S2. The van der Waals surface area contributed by atoms with Crippen molar-refractivity contribution in [3.63, 3.8) is 0 Å². The zero-order valence-electron chi connectivity index (χ0n) is 16.0. The first-order chi connectivity index (χ1) is 14.2. The first-order valence-electron chi connectivity index (χ1n) is 8.84. The van der Waals surface area contributed by atoms with Crippen molar-refractivity contribution in [3.8, 4) is 22.1 Å². The minimum atomic E-state index is -0.221. The molecule has 150 valence electrons. The molecule has 0 spiro atoms. The van der Waals surface area contributed by atoms with Crippen LogP contribution in [0, 0.1) is 0 Å². The number of nitrogens with zero attached hydrogens (tertiary/aromatic N) is 3. The minimum absolute atomic E-state index is 0.202. The van der Waals surface area contributed by atoms with Crippen molar-refractivity contribution in [2.75, 3.05) is 19.5 Å². The topological polar surface area (TPSA) is 85.7 Å². The van der Waals surface area contributed by atoms with E-state index >= 15 is 0 Å². The molecule has 0 unspecified atom stereocenters. The molecule has 0 saturated heterocycles. The lowest BCUT2D eigenvalue weighted by Gasteiger charge is -2.09. The van der Waals surface area contributed by atoms with Crippen molar-refractivity contribution in [1.82, 2.24) is 15.6 Å². The molecule has 29 heavy (non-hydrogen) atoms. The van der Waals surface area contributed by atoms with Crippen LogP contribution in [-0.4, -0.2) is 41.8 Å². The Hall–Kier alpha value is -2.91. The third-order valence-electron chi connectivity index (χ3n) is 3.64. The van der Waals surface area contributed by atoms with Gasteiger partial charge in [0.15, 0.2) is 15.8 Å². The zero-order valence-corrected chi connectivity index (χ0v) is 17.6. The molecule has 0 aliphatic heterocycles. The summed E-state index contributed by atoms with van der Waals surface area (Å²) in [4.78, 5) is 12.0. The van der Waals surface area contributed by atoms with Crippen LogP contribution in [0.3, 0.4) is 0 Å². The van der Waals surface area contributed by atoms with E-state index in [1.807, 2.05) is 43.3 Å². The van der Waals surface area contributed by atoms with Gasteiger partial charge in [0.2, 0.25) is 0 Å². The van der Waals surface area contributed by atoms with Gasteiger partial charge in [0.05, 0.1) is 25.7 Å².